The van der Waals surface area contributed by atoms with Crippen LogP contribution in [0.2, 0.25) is 0 Å². The molecule has 6 heteroatoms. The zero-order valence-corrected chi connectivity index (χ0v) is 11.9. The van der Waals surface area contributed by atoms with E-state index in [-0.39, 0.29) is 0 Å². The van der Waals surface area contributed by atoms with Crippen LogP contribution in [-0.2, 0) is 16.4 Å². The molecule has 1 aliphatic heterocycles. The molecule has 0 N–H and O–H groups in total. The third kappa shape index (κ3) is 2.44. The van der Waals surface area contributed by atoms with E-state index < -0.39 is 16.1 Å². The van der Waals surface area contributed by atoms with Crippen LogP contribution in [0, 0.1) is 11.3 Å². The fourth-order valence-corrected chi connectivity index (χ4v) is 5.16. The molecule has 0 bridgehead atoms. The molecule has 1 saturated heterocycles. The van der Waals surface area contributed by atoms with Crippen molar-refractivity contribution in [2.24, 2.45) is 0 Å². The van der Waals surface area contributed by atoms with E-state index in [9.17, 15) is 8.42 Å². The smallest absolute Gasteiger partial charge is 0.206 e. The second-order valence-electron chi connectivity index (χ2n) is 4.33. The van der Waals surface area contributed by atoms with Crippen molar-refractivity contribution in [3.05, 3.63) is 17.0 Å². The number of aryl methyl sites for hydroxylation is 1. The van der Waals surface area contributed by atoms with E-state index in [4.69, 9.17) is 5.26 Å². The molecular weight excluding hydrogens is 268 g/mol. The van der Waals surface area contributed by atoms with Gasteiger partial charge in [0.05, 0.1) is 6.07 Å². The second kappa shape index (κ2) is 5.39. The Kier molecular flexibility index (Phi) is 4.05. The highest BCUT2D eigenvalue weighted by Gasteiger charge is 2.34. The van der Waals surface area contributed by atoms with Gasteiger partial charge >= 0.3 is 0 Å². The van der Waals surface area contributed by atoms with Crippen molar-refractivity contribution in [2.75, 3.05) is 6.54 Å². The van der Waals surface area contributed by atoms with E-state index in [1.54, 1.807) is 6.07 Å². The first-order valence-corrected chi connectivity index (χ1v) is 8.35. The summed E-state index contributed by atoms with van der Waals surface area (Å²) < 4.78 is 26.7. The quantitative estimate of drug-likeness (QED) is 0.856. The van der Waals surface area contributed by atoms with E-state index in [2.05, 4.69) is 6.07 Å². The van der Waals surface area contributed by atoms with Crippen molar-refractivity contribution in [3.8, 4) is 6.07 Å². The molecule has 0 aliphatic carbocycles. The average molecular weight is 284 g/mol. The van der Waals surface area contributed by atoms with Crippen LogP contribution in [-0.4, -0.2) is 25.3 Å². The number of nitrogens with zero attached hydrogens (tertiary/aromatic N) is 2. The van der Waals surface area contributed by atoms with Gasteiger partial charge in [-0.1, -0.05) is 6.92 Å². The van der Waals surface area contributed by atoms with Crippen molar-refractivity contribution in [1.29, 1.82) is 5.26 Å². The molecule has 0 saturated carbocycles. The minimum Gasteiger partial charge on any atom is -0.206 e. The zero-order valence-electron chi connectivity index (χ0n) is 10.3. The molecule has 98 valence electrons. The number of nitriles is 1. The molecule has 1 unspecified atom stereocenters. The molecule has 18 heavy (non-hydrogen) atoms. The van der Waals surface area contributed by atoms with Crippen LogP contribution < -0.4 is 0 Å². The molecule has 2 rings (SSSR count). The van der Waals surface area contributed by atoms with E-state index in [0.717, 1.165) is 24.1 Å². The molecule has 1 atom stereocenters. The summed E-state index contributed by atoms with van der Waals surface area (Å²) in [6, 6.07) is 5.10. The highest BCUT2D eigenvalue weighted by atomic mass is 32.2. The van der Waals surface area contributed by atoms with Gasteiger partial charge in [0.1, 0.15) is 10.3 Å². The van der Waals surface area contributed by atoms with E-state index in [1.165, 1.54) is 15.6 Å². The number of piperidine rings is 1. The SMILES string of the molecule is CCc1ccc(S(=O)(=O)N2CCCCC2C#N)s1. The maximum Gasteiger partial charge on any atom is 0.253 e. The predicted molar refractivity (Wildman–Crippen MR) is 70.8 cm³/mol. The zero-order chi connectivity index (χ0) is 13.2. The number of hydrogen-bond donors (Lipinski definition) is 0. The van der Waals surface area contributed by atoms with Crippen LogP contribution in [0.15, 0.2) is 16.3 Å². The molecule has 1 fully saturated rings. The Morgan fingerprint density at radius 3 is 2.89 bits per heavy atom. The highest BCUT2D eigenvalue weighted by molar-refractivity contribution is 7.91. The number of thiophene rings is 1. The summed E-state index contributed by atoms with van der Waals surface area (Å²) in [6.07, 6.45) is 3.24. The summed E-state index contributed by atoms with van der Waals surface area (Å²) in [5.41, 5.74) is 0. The second-order valence-corrected chi connectivity index (χ2v) is 7.62. The molecule has 2 heterocycles. The van der Waals surface area contributed by atoms with E-state index in [1.807, 2.05) is 13.0 Å². The van der Waals surface area contributed by atoms with Gasteiger partial charge in [-0.2, -0.15) is 9.57 Å². The van der Waals surface area contributed by atoms with Gasteiger partial charge in [0, 0.05) is 11.4 Å². The highest BCUT2D eigenvalue weighted by Crippen LogP contribution is 2.29. The van der Waals surface area contributed by atoms with Crippen LogP contribution in [0.25, 0.3) is 0 Å². The van der Waals surface area contributed by atoms with Crippen molar-refractivity contribution in [3.63, 3.8) is 0 Å². The maximum atomic E-state index is 12.5. The van der Waals surface area contributed by atoms with E-state index in [0.29, 0.717) is 17.2 Å². The molecule has 1 aliphatic rings. The Hall–Kier alpha value is -0.900. The van der Waals surface area contributed by atoms with Crippen molar-refractivity contribution in [1.82, 2.24) is 4.31 Å². The largest absolute Gasteiger partial charge is 0.253 e. The third-order valence-electron chi connectivity index (χ3n) is 3.15. The van der Waals surface area contributed by atoms with Crippen LogP contribution >= 0.6 is 11.3 Å². The Bertz CT molecular complexity index is 557. The van der Waals surface area contributed by atoms with Crippen LogP contribution in [0.5, 0.6) is 0 Å². The van der Waals surface area contributed by atoms with Gasteiger partial charge in [0.25, 0.3) is 10.0 Å². The summed E-state index contributed by atoms with van der Waals surface area (Å²) in [4.78, 5) is 1.05. The molecule has 1 aromatic heterocycles. The van der Waals surface area contributed by atoms with Crippen molar-refractivity contribution >= 4 is 21.4 Å². The topological polar surface area (TPSA) is 61.2 Å². The monoisotopic (exact) mass is 284 g/mol. The lowest BCUT2D eigenvalue weighted by atomic mass is 10.1. The molecule has 0 aromatic carbocycles. The fraction of sp³-hybridized carbons (Fsp3) is 0.583. The predicted octanol–water partition coefficient (Wildman–Crippen LogP) is 2.38. The van der Waals surface area contributed by atoms with Gasteiger partial charge in [-0.15, -0.1) is 11.3 Å². The minimum absolute atomic E-state index is 0.363. The third-order valence-corrected chi connectivity index (χ3v) is 6.76. The Balaban J connectivity index is 2.32. The number of sulfonamides is 1. The molecule has 4 nitrogen and oxygen atoms in total. The Morgan fingerprint density at radius 1 is 1.50 bits per heavy atom. The summed E-state index contributed by atoms with van der Waals surface area (Å²) in [7, 11) is -3.48. The summed E-state index contributed by atoms with van der Waals surface area (Å²) in [6.45, 7) is 2.46. The van der Waals surface area contributed by atoms with Crippen LogP contribution in [0.3, 0.4) is 0 Å². The van der Waals surface area contributed by atoms with Crippen LogP contribution in [0.4, 0.5) is 0 Å². The molecule has 0 amide bonds. The molecule has 1 aromatic rings. The van der Waals surface area contributed by atoms with Gasteiger partial charge in [-0.25, -0.2) is 8.42 Å². The van der Waals surface area contributed by atoms with E-state index >= 15 is 0 Å². The first-order chi connectivity index (χ1) is 8.59. The lowest BCUT2D eigenvalue weighted by Gasteiger charge is -2.29. The van der Waals surface area contributed by atoms with Crippen molar-refractivity contribution < 1.29 is 8.42 Å². The Labute approximate surface area is 112 Å². The normalized spacial score (nSPS) is 21.7. The van der Waals surface area contributed by atoms with Crippen molar-refractivity contribution in [2.45, 2.75) is 42.9 Å². The van der Waals surface area contributed by atoms with Gasteiger partial charge in [-0.05, 0) is 37.8 Å². The van der Waals surface area contributed by atoms with Gasteiger partial charge in [0.2, 0.25) is 0 Å². The minimum atomic E-state index is -3.48. The van der Waals surface area contributed by atoms with Gasteiger partial charge in [-0.3, -0.25) is 0 Å². The Morgan fingerprint density at radius 2 is 2.28 bits per heavy atom. The standard InChI is InChI=1S/C12H16N2O2S2/c1-2-11-6-7-12(17-11)18(15,16)14-8-4-3-5-10(14)9-13/h6-7,10H,2-5,8H2,1H3. The first-order valence-electron chi connectivity index (χ1n) is 6.09. The number of hydrogen-bond acceptors (Lipinski definition) is 4. The summed E-state index contributed by atoms with van der Waals surface area (Å²) >= 11 is 1.31. The molecule has 0 radical (unpaired) electrons. The lowest BCUT2D eigenvalue weighted by molar-refractivity contribution is 0.297. The average Bonchev–Trinajstić information content (AvgIpc) is 2.88. The maximum absolute atomic E-state index is 12.5. The summed E-state index contributed by atoms with van der Waals surface area (Å²) in [5, 5.41) is 9.07. The first kappa shape index (κ1) is 13.5. The summed E-state index contributed by atoms with van der Waals surface area (Å²) in [5.74, 6) is 0. The number of rotatable bonds is 3. The molecular formula is C12H16N2O2S2. The molecule has 0 spiro atoms. The van der Waals surface area contributed by atoms with Gasteiger partial charge < -0.3 is 0 Å². The van der Waals surface area contributed by atoms with Gasteiger partial charge in [0.15, 0.2) is 0 Å². The lowest BCUT2D eigenvalue weighted by Crippen LogP contribution is -2.42. The van der Waals surface area contributed by atoms with Crippen LogP contribution in [0.1, 0.15) is 31.1 Å². The fourth-order valence-electron chi connectivity index (χ4n) is 2.12.